The number of nitrogens with one attached hydrogen (secondary N) is 1. The molecule has 22 heavy (non-hydrogen) atoms. The minimum atomic E-state index is 0.603. The van der Waals surface area contributed by atoms with Crippen LogP contribution in [-0.2, 0) is 6.42 Å². The number of thiophene rings is 1. The van der Waals surface area contributed by atoms with Gasteiger partial charge < -0.3 is 10.2 Å². The number of aromatic nitrogens is 1. The molecule has 1 saturated heterocycles. The molecular weight excluding hydrogens is 292 g/mol. The van der Waals surface area contributed by atoms with E-state index in [1.54, 1.807) is 12.3 Å². The fourth-order valence-corrected chi connectivity index (χ4v) is 3.52. The lowest BCUT2D eigenvalue weighted by atomic mass is 10.1. The van der Waals surface area contributed by atoms with Crippen molar-refractivity contribution in [3.63, 3.8) is 0 Å². The van der Waals surface area contributed by atoms with Gasteiger partial charge in [0.05, 0.1) is 5.56 Å². The zero-order valence-electron chi connectivity index (χ0n) is 12.5. The monoisotopic (exact) mass is 312 g/mol. The Kier molecular flexibility index (Phi) is 5.04. The third-order valence-electron chi connectivity index (χ3n) is 4.09. The highest BCUT2D eigenvalue weighted by Gasteiger charge is 2.21. The fourth-order valence-electron chi connectivity index (χ4n) is 2.82. The molecule has 1 atom stereocenters. The normalized spacial score (nSPS) is 18.2. The summed E-state index contributed by atoms with van der Waals surface area (Å²) in [5.74, 6) is 1.54. The average molecular weight is 312 g/mol. The summed E-state index contributed by atoms with van der Waals surface area (Å²) >= 11 is 1.85. The van der Waals surface area contributed by atoms with Crippen molar-refractivity contribution < 1.29 is 0 Å². The molecule has 114 valence electrons. The lowest BCUT2D eigenvalue weighted by molar-refractivity contribution is 0.331. The van der Waals surface area contributed by atoms with E-state index < -0.39 is 0 Å². The zero-order chi connectivity index (χ0) is 15.2. The van der Waals surface area contributed by atoms with Gasteiger partial charge in [-0.05, 0) is 48.9 Å². The van der Waals surface area contributed by atoms with Crippen LogP contribution in [0.25, 0.3) is 0 Å². The second kappa shape index (κ2) is 7.39. The summed E-state index contributed by atoms with van der Waals surface area (Å²) < 4.78 is 0. The van der Waals surface area contributed by atoms with E-state index in [-0.39, 0.29) is 0 Å². The van der Waals surface area contributed by atoms with E-state index in [1.165, 1.54) is 17.8 Å². The van der Waals surface area contributed by atoms with Gasteiger partial charge >= 0.3 is 0 Å². The summed E-state index contributed by atoms with van der Waals surface area (Å²) in [6.45, 7) is 4.47. The van der Waals surface area contributed by atoms with E-state index in [0.717, 1.165) is 31.9 Å². The van der Waals surface area contributed by atoms with Gasteiger partial charge in [-0.25, -0.2) is 4.98 Å². The van der Waals surface area contributed by atoms with Crippen LogP contribution in [0.4, 0.5) is 5.82 Å². The molecule has 4 nitrogen and oxygen atoms in total. The molecular formula is C17H20N4S. The van der Waals surface area contributed by atoms with Crippen LogP contribution < -0.4 is 5.32 Å². The number of nitrogens with zero attached hydrogens (tertiary/aromatic N) is 3. The summed E-state index contributed by atoms with van der Waals surface area (Å²) in [6, 6.07) is 10.1. The Morgan fingerprint density at radius 2 is 2.36 bits per heavy atom. The van der Waals surface area contributed by atoms with Crippen molar-refractivity contribution in [3.05, 3.63) is 46.3 Å². The van der Waals surface area contributed by atoms with Crippen LogP contribution in [0.2, 0.25) is 0 Å². The Bertz CT molecular complexity index is 615. The molecule has 2 aromatic heterocycles. The number of rotatable bonds is 6. The maximum atomic E-state index is 8.76. The molecule has 0 radical (unpaired) electrons. The molecule has 0 unspecified atom stereocenters. The van der Waals surface area contributed by atoms with Gasteiger partial charge in [-0.2, -0.15) is 5.26 Å². The second-order valence-corrected chi connectivity index (χ2v) is 6.74. The minimum absolute atomic E-state index is 0.603. The molecule has 2 aromatic rings. The fraction of sp³-hybridized carbons (Fsp3) is 0.412. The van der Waals surface area contributed by atoms with Crippen LogP contribution in [0.1, 0.15) is 16.9 Å². The number of nitriles is 1. The molecule has 1 fully saturated rings. The van der Waals surface area contributed by atoms with Crippen molar-refractivity contribution >= 4 is 17.2 Å². The molecule has 0 spiro atoms. The Morgan fingerprint density at radius 3 is 3.09 bits per heavy atom. The minimum Gasteiger partial charge on any atom is -0.370 e. The first kappa shape index (κ1) is 15.0. The highest BCUT2D eigenvalue weighted by atomic mass is 32.1. The average Bonchev–Trinajstić information content (AvgIpc) is 3.23. The van der Waals surface area contributed by atoms with E-state index in [9.17, 15) is 0 Å². The second-order valence-electron chi connectivity index (χ2n) is 5.71. The van der Waals surface area contributed by atoms with E-state index >= 15 is 0 Å². The summed E-state index contributed by atoms with van der Waals surface area (Å²) in [7, 11) is 0. The van der Waals surface area contributed by atoms with Crippen LogP contribution in [0, 0.1) is 17.2 Å². The number of likely N-dealkylation sites (tertiary alicyclic amines) is 1. The molecule has 1 aliphatic heterocycles. The molecule has 3 heterocycles. The van der Waals surface area contributed by atoms with Crippen molar-refractivity contribution in [3.8, 4) is 6.07 Å². The van der Waals surface area contributed by atoms with Crippen molar-refractivity contribution in [2.75, 3.05) is 31.5 Å². The largest absolute Gasteiger partial charge is 0.370 e. The number of hydrogen-bond donors (Lipinski definition) is 1. The molecule has 1 N–H and O–H groups in total. The summed E-state index contributed by atoms with van der Waals surface area (Å²) in [4.78, 5) is 8.28. The van der Waals surface area contributed by atoms with E-state index in [4.69, 9.17) is 5.26 Å². The maximum absolute atomic E-state index is 8.76. The Balaban J connectivity index is 1.40. The van der Waals surface area contributed by atoms with Crippen LogP contribution in [0.15, 0.2) is 35.8 Å². The number of hydrogen-bond acceptors (Lipinski definition) is 5. The third kappa shape index (κ3) is 4.06. The van der Waals surface area contributed by atoms with Gasteiger partial charge in [-0.1, -0.05) is 6.07 Å². The van der Waals surface area contributed by atoms with E-state index in [2.05, 4.69) is 38.8 Å². The van der Waals surface area contributed by atoms with Crippen molar-refractivity contribution in [2.45, 2.75) is 12.8 Å². The number of anilines is 1. The zero-order valence-corrected chi connectivity index (χ0v) is 13.4. The Hall–Kier alpha value is -1.90. The highest BCUT2D eigenvalue weighted by Crippen LogP contribution is 2.18. The lowest BCUT2D eigenvalue weighted by Crippen LogP contribution is -2.25. The topological polar surface area (TPSA) is 52.0 Å². The molecule has 5 heteroatoms. The Labute approximate surface area is 135 Å². The van der Waals surface area contributed by atoms with Gasteiger partial charge in [-0.3, -0.25) is 0 Å². The van der Waals surface area contributed by atoms with Crippen LogP contribution in [0.3, 0.4) is 0 Å². The molecule has 0 bridgehead atoms. The van der Waals surface area contributed by atoms with E-state index in [1.807, 2.05) is 17.4 Å². The van der Waals surface area contributed by atoms with Gasteiger partial charge in [0.2, 0.25) is 0 Å². The molecule has 0 saturated carbocycles. The summed E-state index contributed by atoms with van der Waals surface area (Å²) in [6.07, 6.45) is 4.02. The first-order chi connectivity index (χ1) is 10.8. The first-order valence-corrected chi connectivity index (χ1v) is 8.56. The van der Waals surface area contributed by atoms with E-state index in [0.29, 0.717) is 11.5 Å². The molecule has 3 rings (SSSR count). The van der Waals surface area contributed by atoms with Gasteiger partial charge in [0.1, 0.15) is 11.9 Å². The van der Waals surface area contributed by atoms with Crippen molar-refractivity contribution in [2.24, 2.45) is 5.92 Å². The molecule has 0 amide bonds. The SMILES string of the molecule is N#Cc1ccc(NC[C@@H]2CCN(CCc3cccs3)C2)nc1. The van der Waals surface area contributed by atoms with Crippen LogP contribution in [-0.4, -0.2) is 36.1 Å². The Morgan fingerprint density at radius 1 is 1.41 bits per heavy atom. The van der Waals surface area contributed by atoms with Crippen LogP contribution in [0.5, 0.6) is 0 Å². The standard InChI is InChI=1S/C17H20N4S/c18-10-14-3-4-17(19-11-14)20-12-15-5-7-21(13-15)8-6-16-2-1-9-22-16/h1-4,9,11,15H,5-8,12-13H2,(H,19,20)/t15-/m0/s1. The number of pyridine rings is 1. The third-order valence-corrected chi connectivity index (χ3v) is 5.03. The molecule has 1 aliphatic rings. The first-order valence-electron chi connectivity index (χ1n) is 7.68. The van der Waals surface area contributed by atoms with Crippen molar-refractivity contribution in [1.82, 2.24) is 9.88 Å². The molecule has 0 aromatic carbocycles. The van der Waals surface area contributed by atoms with Gasteiger partial charge in [0, 0.05) is 30.7 Å². The van der Waals surface area contributed by atoms with Crippen LogP contribution >= 0.6 is 11.3 Å². The highest BCUT2D eigenvalue weighted by molar-refractivity contribution is 7.09. The van der Waals surface area contributed by atoms with Crippen molar-refractivity contribution in [1.29, 1.82) is 5.26 Å². The maximum Gasteiger partial charge on any atom is 0.125 e. The molecule has 0 aliphatic carbocycles. The quantitative estimate of drug-likeness (QED) is 0.891. The van der Waals surface area contributed by atoms with Gasteiger partial charge in [0.15, 0.2) is 0 Å². The summed E-state index contributed by atoms with van der Waals surface area (Å²) in [5, 5.41) is 14.3. The summed E-state index contributed by atoms with van der Waals surface area (Å²) in [5.41, 5.74) is 0.603. The predicted molar refractivity (Wildman–Crippen MR) is 90.0 cm³/mol. The smallest absolute Gasteiger partial charge is 0.125 e. The van der Waals surface area contributed by atoms with Gasteiger partial charge in [0.25, 0.3) is 0 Å². The lowest BCUT2D eigenvalue weighted by Gasteiger charge is -2.16. The predicted octanol–water partition coefficient (Wildman–Crippen LogP) is 2.99. The van der Waals surface area contributed by atoms with Gasteiger partial charge in [-0.15, -0.1) is 11.3 Å².